The van der Waals surface area contributed by atoms with Crippen LogP contribution in [0.1, 0.15) is 75.3 Å². The molecule has 2 atom stereocenters. The number of nitrogens with one attached hydrogen (secondary N) is 2. The van der Waals surface area contributed by atoms with Gasteiger partial charge in [0.25, 0.3) is 5.91 Å². The van der Waals surface area contributed by atoms with Crippen LogP contribution in [0.5, 0.6) is 0 Å². The molecule has 0 fully saturated rings. The van der Waals surface area contributed by atoms with Gasteiger partial charge in [-0.1, -0.05) is 66.4 Å². The van der Waals surface area contributed by atoms with Crippen molar-refractivity contribution in [3.8, 4) is 0 Å². The van der Waals surface area contributed by atoms with Crippen molar-refractivity contribution < 1.29 is 19.1 Å². The molecule has 220 valence electrons. The largest absolute Gasteiger partial charge is 0.444 e. The van der Waals surface area contributed by atoms with Crippen molar-refractivity contribution in [3.05, 3.63) is 63.7 Å². The Labute approximate surface area is 248 Å². The Bertz CT molecular complexity index is 1140. The normalized spacial score (nSPS) is 12.8. The van der Waals surface area contributed by atoms with Crippen LogP contribution in [0.25, 0.3) is 0 Å². The highest BCUT2D eigenvalue weighted by Gasteiger charge is 2.36. The van der Waals surface area contributed by atoms with Gasteiger partial charge in [-0.25, -0.2) is 4.79 Å². The lowest BCUT2D eigenvalue weighted by molar-refractivity contribution is -0.141. The van der Waals surface area contributed by atoms with Crippen LogP contribution >= 0.6 is 23.4 Å². The van der Waals surface area contributed by atoms with E-state index in [0.29, 0.717) is 41.4 Å². The van der Waals surface area contributed by atoms with E-state index >= 15 is 0 Å². The smallest absolute Gasteiger partial charge is 0.408 e. The molecule has 2 unspecified atom stereocenters. The number of ether oxygens (including phenoxy) is 1. The van der Waals surface area contributed by atoms with Crippen LogP contribution in [0.2, 0.25) is 5.02 Å². The van der Waals surface area contributed by atoms with Crippen molar-refractivity contribution in [3.63, 3.8) is 0 Å². The van der Waals surface area contributed by atoms with E-state index in [4.69, 9.17) is 16.3 Å². The molecule has 0 saturated carbocycles. The molecule has 0 aliphatic rings. The molecule has 0 saturated heterocycles. The summed E-state index contributed by atoms with van der Waals surface area (Å²) in [6, 6.07) is 9.51. The molecule has 2 rings (SSSR count). The fourth-order valence-electron chi connectivity index (χ4n) is 4.46. The first-order valence-corrected chi connectivity index (χ1v) is 15.5. The van der Waals surface area contributed by atoms with Gasteiger partial charge in [0, 0.05) is 6.54 Å². The van der Waals surface area contributed by atoms with Gasteiger partial charge in [0.05, 0.1) is 10.7 Å². The van der Waals surface area contributed by atoms with Crippen molar-refractivity contribution in [2.45, 2.75) is 85.4 Å². The molecule has 7 nitrogen and oxygen atoms in total. The Hall–Kier alpha value is -2.71. The van der Waals surface area contributed by atoms with Gasteiger partial charge < -0.3 is 20.3 Å². The summed E-state index contributed by atoms with van der Waals surface area (Å²) in [7, 11) is 0. The number of carbonyl (C=O) groups is 3. The first-order chi connectivity index (χ1) is 18.8. The number of thioether (sulfide) groups is 1. The summed E-state index contributed by atoms with van der Waals surface area (Å²) in [6.45, 7) is 13.5. The van der Waals surface area contributed by atoms with Crippen LogP contribution in [-0.4, -0.2) is 53.0 Å². The lowest BCUT2D eigenvalue weighted by Crippen LogP contribution is -2.52. The first-order valence-electron chi connectivity index (χ1n) is 13.7. The average Bonchev–Trinajstić information content (AvgIpc) is 2.84. The van der Waals surface area contributed by atoms with Gasteiger partial charge in [-0.3, -0.25) is 9.59 Å². The SMILES string of the molecule is CCCCN(C(=O)C(CCSC)NC(=O)OC(C)(C)C)C(C(=O)Nc1c(C)cccc1Cl)c1cc(C)cc(C)c1. The molecule has 2 aromatic carbocycles. The molecule has 0 aliphatic carbocycles. The second-order valence-corrected chi connectivity index (χ2v) is 12.5. The summed E-state index contributed by atoms with van der Waals surface area (Å²) in [4.78, 5) is 42.7. The van der Waals surface area contributed by atoms with Crippen molar-refractivity contribution in [2.24, 2.45) is 0 Å². The molecule has 0 radical (unpaired) electrons. The standard InChI is InChI=1S/C31H44ClN3O4S/c1-9-10-15-35(29(37)25(14-16-40-8)33-30(38)39-31(5,6)7)27(23-18-20(2)17-21(3)19-23)28(36)34-26-22(4)12-11-13-24(26)32/h11-13,17-19,25,27H,9-10,14-16H2,1-8H3,(H,33,38)(H,34,36). The van der Waals surface area contributed by atoms with Crippen LogP contribution < -0.4 is 10.6 Å². The Morgan fingerprint density at radius 2 is 1.73 bits per heavy atom. The van der Waals surface area contributed by atoms with Gasteiger partial charge in [0.15, 0.2) is 0 Å². The zero-order valence-corrected chi connectivity index (χ0v) is 26.6. The Balaban J connectivity index is 2.60. The molecule has 3 amide bonds. The predicted molar refractivity (Wildman–Crippen MR) is 166 cm³/mol. The second kappa shape index (κ2) is 15.3. The lowest BCUT2D eigenvalue weighted by Gasteiger charge is -2.35. The number of hydrogen-bond acceptors (Lipinski definition) is 5. The number of hydrogen-bond donors (Lipinski definition) is 2. The van der Waals surface area contributed by atoms with Crippen molar-refractivity contribution in [2.75, 3.05) is 23.9 Å². The number of rotatable bonds is 12. The van der Waals surface area contributed by atoms with Crippen LogP contribution in [-0.2, 0) is 14.3 Å². The second-order valence-electron chi connectivity index (χ2n) is 11.1. The van der Waals surface area contributed by atoms with Crippen LogP contribution in [0.3, 0.4) is 0 Å². The fourth-order valence-corrected chi connectivity index (χ4v) is 5.20. The Morgan fingerprint density at radius 1 is 1.07 bits per heavy atom. The number of carbonyl (C=O) groups excluding carboxylic acids is 3. The molecule has 0 spiro atoms. The van der Waals surface area contributed by atoms with Gasteiger partial charge in [0.1, 0.15) is 17.7 Å². The molecule has 2 N–H and O–H groups in total. The molecule has 9 heteroatoms. The predicted octanol–water partition coefficient (Wildman–Crippen LogP) is 7.22. The molecule has 0 heterocycles. The first kappa shape index (κ1) is 33.5. The monoisotopic (exact) mass is 589 g/mol. The van der Waals surface area contributed by atoms with Gasteiger partial charge in [-0.2, -0.15) is 11.8 Å². The van der Waals surface area contributed by atoms with Gasteiger partial charge in [-0.05, 0) is 83.6 Å². The summed E-state index contributed by atoms with van der Waals surface area (Å²) in [6.07, 6.45) is 3.19. The van der Waals surface area contributed by atoms with E-state index in [1.54, 1.807) is 43.5 Å². The fraction of sp³-hybridized carbons (Fsp3) is 0.516. The molecular formula is C31H44ClN3O4S. The maximum absolute atomic E-state index is 14.3. The number of alkyl carbamates (subject to hydrolysis) is 1. The molecule has 0 bridgehead atoms. The van der Waals surface area contributed by atoms with Gasteiger partial charge >= 0.3 is 6.09 Å². The maximum atomic E-state index is 14.3. The summed E-state index contributed by atoms with van der Waals surface area (Å²) in [5.41, 5.74) is 3.27. The summed E-state index contributed by atoms with van der Waals surface area (Å²) in [5.74, 6) is -0.0531. The number of aryl methyl sites for hydroxylation is 3. The van der Waals surface area contributed by atoms with E-state index in [1.165, 1.54) is 0 Å². The highest BCUT2D eigenvalue weighted by atomic mass is 35.5. The van der Waals surface area contributed by atoms with E-state index in [1.807, 2.05) is 64.3 Å². The third-order valence-electron chi connectivity index (χ3n) is 6.23. The number of nitrogens with zero attached hydrogens (tertiary/aromatic N) is 1. The summed E-state index contributed by atoms with van der Waals surface area (Å²) in [5, 5.41) is 6.20. The van der Waals surface area contributed by atoms with Crippen molar-refractivity contribution in [1.29, 1.82) is 0 Å². The third-order valence-corrected chi connectivity index (χ3v) is 7.18. The number of amides is 3. The maximum Gasteiger partial charge on any atom is 0.408 e. The highest BCUT2D eigenvalue weighted by molar-refractivity contribution is 7.98. The van der Waals surface area contributed by atoms with Crippen LogP contribution in [0, 0.1) is 20.8 Å². The van der Waals surface area contributed by atoms with Gasteiger partial charge in [0.2, 0.25) is 5.91 Å². The quantitative estimate of drug-likeness (QED) is 0.273. The van der Waals surface area contributed by atoms with Crippen LogP contribution in [0.15, 0.2) is 36.4 Å². The molecule has 2 aromatic rings. The number of benzene rings is 2. The zero-order chi connectivity index (χ0) is 30.0. The molecular weight excluding hydrogens is 546 g/mol. The lowest BCUT2D eigenvalue weighted by atomic mass is 9.97. The van der Waals surface area contributed by atoms with E-state index in [9.17, 15) is 14.4 Å². The minimum atomic E-state index is -0.939. The number of para-hydroxylation sites is 1. The Kier molecular flexibility index (Phi) is 12.8. The van der Waals surface area contributed by atoms with Crippen molar-refractivity contribution in [1.82, 2.24) is 10.2 Å². The summed E-state index contributed by atoms with van der Waals surface area (Å²) >= 11 is 8.04. The number of anilines is 1. The minimum Gasteiger partial charge on any atom is -0.444 e. The Morgan fingerprint density at radius 3 is 2.27 bits per heavy atom. The van der Waals surface area contributed by atoms with Crippen molar-refractivity contribution >= 4 is 47.0 Å². The molecule has 0 aromatic heterocycles. The van der Waals surface area contributed by atoms with Crippen LogP contribution in [0.4, 0.5) is 10.5 Å². The van der Waals surface area contributed by atoms with Gasteiger partial charge in [-0.15, -0.1) is 0 Å². The van der Waals surface area contributed by atoms with E-state index in [0.717, 1.165) is 23.1 Å². The topological polar surface area (TPSA) is 87.7 Å². The average molecular weight is 590 g/mol. The molecule has 40 heavy (non-hydrogen) atoms. The van der Waals surface area contributed by atoms with E-state index in [2.05, 4.69) is 10.6 Å². The number of halogens is 1. The van der Waals surface area contributed by atoms with E-state index < -0.39 is 23.8 Å². The minimum absolute atomic E-state index is 0.330. The zero-order valence-electron chi connectivity index (χ0n) is 25.0. The molecule has 0 aliphatic heterocycles. The summed E-state index contributed by atoms with van der Waals surface area (Å²) < 4.78 is 5.47. The number of unbranched alkanes of at least 4 members (excludes halogenated alkanes) is 1. The third kappa shape index (κ3) is 10.0. The highest BCUT2D eigenvalue weighted by Crippen LogP contribution is 2.30. The van der Waals surface area contributed by atoms with E-state index in [-0.39, 0.29) is 11.8 Å².